The highest BCUT2D eigenvalue weighted by Crippen LogP contribution is 2.22. The molecule has 1 aromatic heterocycles. The molecule has 1 heterocycles. The molecule has 5 nitrogen and oxygen atoms in total. The molecule has 7 heteroatoms. The second-order valence-corrected chi connectivity index (χ2v) is 7.24. The van der Waals surface area contributed by atoms with Gasteiger partial charge in [-0.3, -0.25) is 5.10 Å². The maximum absolute atomic E-state index is 6.01. The second-order valence-electron chi connectivity index (χ2n) is 5.77. The van der Waals surface area contributed by atoms with Crippen LogP contribution in [0.5, 0.6) is 11.5 Å². The number of thioether (sulfide) groups is 1. The average Bonchev–Trinajstić information content (AvgIpc) is 3.09. The summed E-state index contributed by atoms with van der Waals surface area (Å²) in [6, 6.07) is 13.6. The molecule has 0 bridgehead atoms. The number of nitrogens with one attached hydrogen (secondary N) is 1. The predicted octanol–water partition coefficient (Wildman–Crippen LogP) is 4.83. The van der Waals surface area contributed by atoms with E-state index in [4.69, 9.17) is 21.1 Å². The van der Waals surface area contributed by atoms with Gasteiger partial charge in [-0.15, -0.1) is 5.10 Å². The van der Waals surface area contributed by atoms with E-state index in [1.807, 2.05) is 49.4 Å². The SMILES string of the molecule is Cc1ccc(OCCSc2n[nH]c(COc3ccc(Cl)c(C)c3)n2)cc1. The fraction of sp³-hybridized carbons (Fsp3) is 0.263. The van der Waals surface area contributed by atoms with Crippen LogP contribution in [-0.4, -0.2) is 27.5 Å². The third kappa shape index (κ3) is 5.41. The van der Waals surface area contributed by atoms with E-state index in [0.29, 0.717) is 24.2 Å². The number of aromatic amines is 1. The maximum atomic E-state index is 6.01. The highest BCUT2D eigenvalue weighted by molar-refractivity contribution is 7.99. The standard InChI is InChI=1S/C19H20ClN3O2S/c1-13-3-5-15(6-4-13)24-9-10-26-19-21-18(22-23-19)12-25-16-7-8-17(20)14(2)11-16/h3-8,11H,9-10,12H2,1-2H3,(H,21,22,23). The van der Waals surface area contributed by atoms with E-state index in [9.17, 15) is 0 Å². The predicted molar refractivity (Wildman–Crippen MR) is 104 cm³/mol. The first kappa shape index (κ1) is 18.6. The number of aromatic nitrogens is 3. The Balaban J connectivity index is 1.41. The summed E-state index contributed by atoms with van der Waals surface area (Å²) in [7, 11) is 0. The van der Waals surface area contributed by atoms with Gasteiger partial charge in [-0.05, 0) is 49.7 Å². The molecule has 0 radical (unpaired) electrons. The van der Waals surface area contributed by atoms with Gasteiger partial charge >= 0.3 is 0 Å². The first-order valence-corrected chi connectivity index (χ1v) is 9.59. The Morgan fingerprint density at radius 3 is 2.58 bits per heavy atom. The van der Waals surface area contributed by atoms with Gasteiger partial charge in [-0.2, -0.15) is 0 Å². The van der Waals surface area contributed by atoms with Gasteiger partial charge in [0.25, 0.3) is 0 Å². The molecule has 0 unspecified atom stereocenters. The summed E-state index contributed by atoms with van der Waals surface area (Å²) in [5.41, 5.74) is 2.20. The summed E-state index contributed by atoms with van der Waals surface area (Å²) in [5.74, 6) is 3.07. The Bertz CT molecular complexity index is 852. The number of hydrogen-bond acceptors (Lipinski definition) is 5. The monoisotopic (exact) mass is 389 g/mol. The van der Waals surface area contributed by atoms with Gasteiger partial charge in [0.05, 0.1) is 6.61 Å². The zero-order valence-corrected chi connectivity index (χ0v) is 16.2. The van der Waals surface area contributed by atoms with Gasteiger partial charge in [-0.25, -0.2) is 4.98 Å². The maximum Gasteiger partial charge on any atom is 0.208 e. The molecule has 0 saturated carbocycles. The summed E-state index contributed by atoms with van der Waals surface area (Å²) in [6.45, 7) is 4.92. The lowest BCUT2D eigenvalue weighted by atomic mass is 10.2. The summed E-state index contributed by atoms with van der Waals surface area (Å²) in [4.78, 5) is 4.41. The van der Waals surface area contributed by atoms with Crippen molar-refractivity contribution in [2.75, 3.05) is 12.4 Å². The Morgan fingerprint density at radius 2 is 1.81 bits per heavy atom. The molecule has 0 saturated heterocycles. The minimum Gasteiger partial charge on any atom is -0.493 e. The van der Waals surface area contributed by atoms with E-state index in [1.165, 1.54) is 17.3 Å². The first-order chi connectivity index (χ1) is 12.6. The molecule has 3 aromatic rings. The number of ether oxygens (including phenoxy) is 2. The summed E-state index contributed by atoms with van der Waals surface area (Å²) in [6.07, 6.45) is 0. The number of benzene rings is 2. The smallest absolute Gasteiger partial charge is 0.208 e. The molecule has 3 rings (SSSR count). The third-order valence-corrected chi connectivity index (χ3v) is 4.86. The van der Waals surface area contributed by atoms with Crippen LogP contribution >= 0.6 is 23.4 Å². The van der Waals surface area contributed by atoms with Gasteiger partial charge in [0, 0.05) is 10.8 Å². The minimum atomic E-state index is 0.328. The summed E-state index contributed by atoms with van der Waals surface area (Å²) in [5, 5.41) is 8.49. The van der Waals surface area contributed by atoms with E-state index >= 15 is 0 Å². The van der Waals surface area contributed by atoms with Crippen LogP contribution in [0, 0.1) is 13.8 Å². The number of halogens is 1. The Kier molecular flexibility index (Phi) is 6.41. The van der Waals surface area contributed by atoms with Crippen LogP contribution in [0.1, 0.15) is 17.0 Å². The average molecular weight is 390 g/mol. The molecule has 0 fully saturated rings. The quantitative estimate of drug-likeness (QED) is 0.442. The Labute approximate surface area is 162 Å². The molecule has 26 heavy (non-hydrogen) atoms. The molecule has 136 valence electrons. The number of hydrogen-bond donors (Lipinski definition) is 1. The fourth-order valence-electron chi connectivity index (χ4n) is 2.19. The minimum absolute atomic E-state index is 0.328. The highest BCUT2D eigenvalue weighted by Gasteiger charge is 2.06. The molecule has 0 amide bonds. The van der Waals surface area contributed by atoms with Gasteiger partial charge in [0.2, 0.25) is 5.16 Å². The van der Waals surface area contributed by atoms with Gasteiger partial charge in [-0.1, -0.05) is 41.1 Å². The number of aryl methyl sites for hydroxylation is 2. The summed E-state index contributed by atoms with van der Waals surface area (Å²) >= 11 is 7.55. The van der Waals surface area contributed by atoms with Gasteiger partial charge in [0.1, 0.15) is 18.1 Å². The molecule has 0 spiro atoms. The Hall–Kier alpha value is -2.18. The van der Waals surface area contributed by atoms with Crippen LogP contribution in [-0.2, 0) is 6.61 Å². The molecule has 2 aromatic carbocycles. The molecular formula is C19H20ClN3O2S. The van der Waals surface area contributed by atoms with Crippen molar-refractivity contribution in [1.29, 1.82) is 0 Å². The van der Waals surface area contributed by atoms with Crippen molar-refractivity contribution in [2.45, 2.75) is 25.6 Å². The van der Waals surface area contributed by atoms with Crippen molar-refractivity contribution >= 4 is 23.4 Å². The first-order valence-electron chi connectivity index (χ1n) is 8.22. The van der Waals surface area contributed by atoms with Crippen LogP contribution in [0.2, 0.25) is 5.02 Å². The van der Waals surface area contributed by atoms with Crippen LogP contribution in [0.15, 0.2) is 47.6 Å². The summed E-state index contributed by atoms with van der Waals surface area (Å²) < 4.78 is 11.4. The fourth-order valence-corrected chi connectivity index (χ4v) is 2.94. The molecular weight excluding hydrogens is 370 g/mol. The molecule has 0 aliphatic heterocycles. The molecule has 0 aliphatic rings. The zero-order chi connectivity index (χ0) is 18.4. The second kappa shape index (κ2) is 8.96. The van der Waals surface area contributed by atoms with Gasteiger partial charge < -0.3 is 9.47 Å². The van der Waals surface area contributed by atoms with E-state index in [-0.39, 0.29) is 0 Å². The van der Waals surface area contributed by atoms with Crippen LogP contribution < -0.4 is 9.47 Å². The lowest BCUT2D eigenvalue weighted by molar-refractivity contribution is 0.296. The molecule has 1 N–H and O–H groups in total. The van der Waals surface area contributed by atoms with Crippen molar-refractivity contribution in [3.63, 3.8) is 0 Å². The topological polar surface area (TPSA) is 60.0 Å². The van der Waals surface area contributed by atoms with Crippen molar-refractivity contribution in [3.8, 4) is 11.5 Å². The van der Waals surface area contributed by atoms with Crippen LogP contribution in [0.25, 0.3) is 0 Å². The van der Waals surface area contributed by atoms with E-state index in [2.05, 4.69) is 22.1 Å². The number of H-pyrrole nitrogens is 1. The molecule has 0 aliphatic carbocycles. The molecule has 0 atom stereocenters. The van der Waals surface area contributed by atoms with E-state index < -0.39 is 0 Å². The largest absolute Gasteiger partial charge is 0.493 e. The van der Waals surface area contributed by atoms with Crippen molar-refractivity contribution in [2.24, 2.45) is 0 Å². The van der Waals surface area contributed by atoms with Crippen molar-refractivity contribution < 1.29 is 9.47 Å². The van der Waals surface area contributed by atoms with E-state index in [1.54, 1.807) is 0 Å². The van der Waals surface area contributed by atoms with Crippen molar-refractivity contribution in [1.82, 2.24) is 15.2 Å². The Morgan fingerprint density at radius 1 is 1.04 bits per heavy atom. The van der Waals surface area contributed by atoms with Crippen LogP contribution in [0.4, 0.5) is 0 Å². The van der Waals surface area contributed by atoms with Crippen molar-refractivity contribution in [3.05, 3.63) is 64.4 Å². The highest BCUT2D eigenvalue weighted by atomic mass is 35.5. The van der Waals surface area contributed by atoms with Gasteiger partial charge in [0.15, 0.2) is 5.82 Å². The van der Waals surface area contributed by atoms with Crippen LogP contribution in [0.3, 0.4) is 0 Å². The number of rotatable bonds is 8. The lowest BCUT2D eigenvalue weighted by Crippen LogP contribution is -2.00. The third-order valence-electron chi connectivity index (χ3n) is 3.62. The normalized spacial score (nSPS) is 10.7. The number of nitrogens with zero attached hydrogens (tertiary/aromatic N) is 2. The van der Waals surface area contributed by atoms with E-state index in [0.717, 1.165) is 27.8 Å². The lowest BCUT2D eigenvalue weighted by Gasteiger charge is -2.05. The zero-order valence-electron chi connectivity index (χ0n) is 14.7.